The number of hydrogen-bond acceptors (Lipinski definition) is 3. The number of nitriles is 1. The Morgan fingerprint density at radius 1 is 1.36 bits per heavy atom. The van der Waals surface area contributed by atoms with E-state index in [0.717, 1.165) is 10.8 Å². The highest BCUT2D eigenvalue weighted by Gasteiger charge is 2.11. The van der Waals surface area contributed by atoms with Gasteiger partial charge in [-0.1, -0.05) is 18.2 Å². The van der Waals surface area contributed by atoms with E-state index in [4.69, 9.17) is 14.4 Å². The summed E-state index contributed by atoms with van der Waals surface area (Å²) in [4.78, 5) is 0. The molecule has 0 radical (unpaired) electrons. The highest BCUT2D eigenvalue weighted by Crippen LogP contribution is 2.25. The minimum Gasteiger partial charge on any atom is -0.447 e. The predicted molar refractivity (Wildman–Crippen MR) is 51.6 cm³/mol. The van der Waals surface area contributed by atoms with Crippen LogP contribution in [-0.2, 0) is 11.3 Å². The van der Waals surface area contributed by atoms with Gasteiger partial charge < -0.3 is 9.15 Å². The average molecular weight is 187 g/mol. The van der Waals surface area contributed by atoms with Crippen LogP contribution in [0.25, 0.3) is 10.8 Å². The lowest BCUT2D eigenvalue weighted by Crippen LogP contribution is -1.83. The van der Waals surface area contributed by atoms with E-state index in [2.05, 4.69) is 0 Å². The van der Waals surface area contributed by atoms with Gasteiger partial charge in [-0.05, 0) is 6.07 Å². The van der Waals surface area contributed by atoms with Crippen molar-refractivity contribution >= 4 is 10.8 Å². The topological polar surface area (TPSA) is 46.2 Å². The van der Waals surface area contributed by atoms with Gasteiger partial charge in [0.25, 0.3) is 0 Å². The molecule has 0 saturated heterocycles. The fourth-order valence-electron chi connectivity index (χ4n) is 1.48. The molecule has 0 amide bonds. The fraction of sp³-hybridized carbons (Fsp3) is 0.182. The molecular weight excluding hydrogens is 178 g/mol. The molecule has 2 rings (SSSR count). The summed E-state index contributed by atoms with van der Waals surface area (Å²) in [7, 11) is 1.60. The summed E-state index contributed by atoms with van der Waals surface area (Å²) in [6.45, 7) is 0.391. The molecule has 2 aromatic rings. The smallest absolute Gasteiger partial charge is 0.211 e. The van der Waals surface area contributed by atoms with Crippen molar-refractivity contribution in [2.45, 2.75) is 6.61 Å². The third-order valence-electron chi connectivity index (χ3n) is 2.07. The summed E-state index contributed by atoms with van der Waals surface area (Å²) in [6.07, 6.45) is 0. The Morgan fingerprint density at radius 3 is 2.71 bits per heavy atom. The van der Waals surface area contributed by atoms with Crippen LogP contribution in [0.3, 0.4) is 0 Å². The first-order valence-electron chi connectivity index (χ1n) is 4.26. The molecule has 0 unspecified atom stereocenters. The Kier molecular flexibility index (Phi) is 2.21. The Hall–Kier alpha value is -1.79. The Morgan fingerprint density at radius 2 is 2.07 bits per heavy atom. The van der Waals surface area contributed by atoms with E-state index >= 15 is 0 Å². The van der Waals surface area contributed by atoms with Crippen LogP contribution in [0.5, 0.6) is 0 Å². The number of fused-ring (bicyclic) bond motifs is 1. The number of hydrogen-bond donors (Lipinski definition) is 0. The molecule has 3 heteroatoms. The fourth-order valence-corrected chi connectivity index (χ4v) is 1.48. The normalized spacial score (nSPS) is 10.3. The van der Waals surface area contributed by atoms with E-state index in [-0.39, 0.29) is 0 Å². The summed E-state index contributed by atoms with van der Waals surface area (Å²) in [5.74, 6) is 1.06. The monoisotopic (exact) mass is 187 g/mol. The van der Waals surface area contributed by atoms with Gasteiger partial charge in [0.2, 0.25) is 5.76 Å². The third-order valence-corrected chi connectivity index (χ3v) is 2.07. The maximum absolute atomic E-state index is 8.83. The largest absolute Gasteiger partial charge is 0.447 e. The lowest BCUT2D eigenvalue weighted by Gasteiger charge is -1.93. The number of benzene rings is 1. The van der Waals surface area contributed by atoms with Gasteiger partial charge in [0.15, 0.2) is 0 Å². The molecule has 0 N–H and O–H groups in total. The lowest BCUT2D eigenvalue weighted by atomic mass is 10.1. The van der Waals surface area contributed by atoms with Gasteiger partial charge in [0.05, 0.1) is 0 Å². The molecule has 1 heterocycles. The number of ether oxygens (including phenoxy) is 1. The first-order chi connectivity index (χ1) is 6.86. The van der Waals surface area contributed by atoms with Crippen LogP contribution in [0, 0.1) is 11.3 Å². The molecule has 0 aliphatic carbocycles. The SMILES string of the molecule is COCc1oc(C#N)c2ccccc12. The molecule has 70 valence electrons. The van der Waals surface area contributed by atoms with Gasteiger partial charge in [-0.2, -0.15) is 5.26 Å². The van der Waals surface area contributed by atoms with Gasteiger partial charge in [-0.3, -0.25) is 0 Å². The van der Waals surface area contributed by atoms with Crippen LogP contribution in [0.1, 0.15) is 11.5 Å². The van der Waals surface area contributed by atoms with Crippen molar-refractivity contribution in [3.05, 3.63) is 35.8 Å². The second-order valence-corrected chi connectivity index (χ2v) is 2.94. The molecule has 0 spiro atoms. The molecular formula is C11H9NO2. The maximum Gasteiger partial charge on any atom is 0.211 e. The zero-order valence-corrected chi connectivity index (χ0v) is 7.78. The quantitative estimate of drug-likeness (QED) is 0.725. The van der Waals surface area contributed by atoms with Crippen LogP contribution in [0.4, 0.5) is 0 Å². The van der Waals surface area contributed by atoms with Crippen molar-refractivity contribution in [3.8, 4) is 6.07 Å². The van der Waals surface area contributed by atoms with Crippen molar-refractivity contribution in [2.75, 3.05) is 7.11 Å². The zero-order chi connectivity index (χ0) is 9.97. The molecule has 0 bridgehead atoms. The summed E-state index contributed by atoms with van der Waals surface area (Å²) in [5, 5.41) is 10.6. The second-order valence-electron chi connectivity index (χ2n) is 2.94. The standard InChI is InChI=1S/C11H9NO2/c1-13-7-11-9-5-3-2-4-8(9)10(6-12)14-11/h2-5H,7H2,1H3. The van der Waals surface area contributed by atoms with E-state index < -0.39 is 0 Å². The first kappa shape index (κ1) is 8.79. The van der Waals surface area contributed by atoms with Crippen LogP contribution in [-0.4, -0.2) is 7.11 Å². The second kappa shape index (κ2) is 3.52. The van der Waals surface area contributed by atoms with Gasteiger partial charge in [-0.25, -0.2) is 0 Å². The van der Waals surface area contributed by atoms with Crippen LogP contribution < -0.4 is 0 Å². The molecule has 0 fully saturated rings. The average Bonchev–Trinajstić information content (AvgIpc) is 2.58. The van der Waals surface area contributed by atoms with E-state index in [0.29, 0.717) is 18.1 Å². The number of methoxy groups -OCH3 is 1. The lowest BCUT2D eigenvalue weighted by molar-refractivity contribution is 0.165. The minimum absolute atomic E-state index is 0.354. The number of rotatable bonds is 2. The zero-order valence-electron chi connectivity index (χ0n) is 7.78. The molecule has 1 aromatic heterocycles. The third kappa shape index (κ3) is 1.26. The molecule has 1 aromatic carbocycles. The van der Waals surface area contributed by atoms with Crippen molar-refractivity contribution in [3.63, 3.8) is 0 Å². The summed E-state index contributed by atoms with van der Waals surface area (Å²) in [5.41, 5.74) is 0. The van der Waals surface area contributed by atoms with Gasteiger partial charge in [0.1, 0.15) is 18.4 Å². The summed E-state index contributed by atoms with van der Waals surface area (Å²) in [6, 6.07) is 9.62. The number of nitrogens with zero attached hydrogens (tertiary/aromatic N) is 1. The maximum atomic E-state index is 8.83. The highest BCUT2D eigenvalue weighted by atomic mass is 16.5. The van der Waals surface area contributed by atoms with Crippen LogP contribution >= 0.6 is 0 Å². The highest BCUT2D eigenvalue weighted by molar-refractivity contribution is 5.88. The van der Waals surface area contributed by atoms with E-state index in [9.17, 15) is 0 Å². The number of furan rings is 1. The van der Waals surface area contributed by atoms with Crippen molar-refractivity contribution in [1.29, 1.82) is 5.26 Å². The van der Waals surface area contributed by atoms with Crippen LogP contribution in [0.15, 0.2) is 28.7 Å². The van der Waals surface area contributed by atoms with Crippen molar-refractivity contribution in [2.24, 2.45) is 0 Å². The van der Waals surface area contributed by atoms with E-state index in [1.54, 1.807) is 7.11 Å². The van der Waals surface area contributed by atoms with Crippen LogP contribution in [0.2, 0.25) is 0 Å². The van der Waals surface area contributed by atoms with Gasteiger partial charge in [-0.15, -0.1) is 0 Å². The molecule has 0 aliphatic heterocycles. The van der Waals surface area contributed by atoms with E-state index in [1.165, 1.54) is 0 Å². The van der Waals surface area contributed by atoms with Gasteiger partial charge in [0, 0.05) is 17.9 Å². The summed E-state index contributed by atoms with van der Waals surface area (Å²) >= 11 is 0. The molecule has 14 heavy (non-hydrogen) atoms. The molecule has 3 nitrogen and oxygen atoms in total. The van der Waals surface area contributed by atoms with Crippen molar-refractivity contribution < 1.29 is 9.15 Å². The molecule has 0 saturated carbocycles. The van der Waals surface area contributed by atoms with Gasteiger partial charge >= 0.3 is 0 Å². The van der Waals surface area contributed by atoms with Crippen molar-refractivity contribution in [1.82, 2.24) is 0 Å². The Bertz CT molecular complexity index is 493. The predicted octanol–water partition coefficient (Wildman–Crippen LogP) is 2.45. The Balaban J connectivity index is 2.68. The summed E-state index contributed by atoms with van der Waals surface area (Å²) < 4.78 is 10.4. The first-order valence-corrected chi connectivity index (χ1v) is 4.26. The Labute approximate surface area is 81.5 Å². The minimum atomic E-state index is 0.354. The molecule has 0 atom stereocenters. The van der Waals surface area contributed by atoms with E-state index in [1.807, 2.05) is 30.3 Å². The molecule has 0 aliphatic rings.